The summed E-state index contributed by atoms with van der Waals surface area (Å²) in [6, 6.07) is 8.65. The predicted octanol–water partition coefficient (Wildman–Crippen LogP) is 3.86. The van der Waals surface area contributed by atoms with E-state index in [4.69, 9.17) is 23.2 Å². The van der Waals surface area contributed by atoms with Crippen LogP contribution < -0.4 is 0 Å². The number of benzene rings is 1. The van der Waals surface area contributed by atoms with Crippen LogP contribution in [0.5, 0.6) is 0 Å². The van der Waals surface area contributed by atoms with Crippen molar-refractivity contribution < 1.29 is 0 Å². The lowest BCUT2D eigenvalue weighted by atomic mass is 9.72. The van der Waals surface area contributed by atoms with Crippen LogP contribution in [-0.4, -0.2) is 4.33 Å². The lowest BCUT2D eigenvalue weighted by molar-refractivity contribution is 0.523. The van der Waals surface area contributed by atoms with E-state index in [-0.39, 0.29) is 0 Å². The molecule has 0 spiro atoms. The van der Waals surface area contributed by atoms with Gasteiger partial charge in [0.2, 0.25) is 0 Å². The molecule has 0 unspecified atom stereocenters. The first-order chi connectivity index (χ1) is 7.21. The van der Waals surface area contributed by atoms with Gasteiger partial charge in [-0.1, -0.05) is 36.4 Å². The minimum atomic E-state index is -0.488. The van der Waals surface area contributed by atoms with Crippen LogP contribution >= 0.6 is 23.2 Å². The molecule has 0 heterocycles. The predicted molar refractivity (Wildman–Crippen MR) is 62.5 cm³/mol. The molecule has 0 aromatic heterocycles. The molecule has 4 atom stereocenters. The molecule has 76 valence electrons. The first-order valence-corrected chi connectivity index (χ1v) is 6.12. The van der Waals surface area contributed by atoms with E-state index in [0.29, 0.717) is 23.7 Å². The van der Waals surface area contributed by atoms with Crippen LogP contribution in [0.1, 0.15) is 23.0 Å². The summed E-state index contributed by atoms with van der Waals surface area (Å²) >= 11 is 12.7. The van der Waals surface area contributed by atoms with Crippen LogP contribution in [0.15, 0.2) is 36.4 Å². The molecule has 0 amide bonds. The van der Waals surface area contributed by atoms with E-state index in [1.54, 1.807) is 0 Å². The molecule has 1 aromatic rings. The van der Waals surface area contributed by atoms with E-state index < -0.39 is 4.33 Å². The van der Waals surface area contributed by atoms with Gasteiger partial charge >= 0.3 is 0 Å². The van der Waals surface area contributed by atoms with E-state index in [2.05, 4.69) is 36.4 Å². The van der Waals surface area contributed by atoms with Gasteiger partial charge in [0.05, 0.1) is 0 Å². The third kappa shape index (κ3) is 0.869. The maximum absolute atomic E-state index is 6.36. The smallest absolute Gasteiger partial charge is 0.101 e. The molecule has 15 heavy (non-hydrogen) atoms. The highest BCUT2D eigenvalue weighted by atomic mass is 35.5. The zero-order valence-electron chi connectivity index (χ0n) is 8.03. The number of halogens is 2. The lowest BCUT2D eigenvalue weighted by Gasteiger charge is -2.31. The Kier molecular flexibility index (Phi) is 1.41. The second kappa shape index (κ2) is 2.44. The Morgan fingerprint density at radius 2 is 1.33 bits per heavy atom. The summed E-state index contributed by atoms with van der Waals surface area (Å²) < 4.78 is -0.488. The Balaban J connectivity index is 1.95. The zero-order valence-corrected chi connectivity index (χ0v) is 9.54. The molecule has 1 aromatic carbocycles. The fourth-order valence-electron chi connectivity index (χ4n) is 3.49. The Morgan fingerprint density at radius 1 is 0.867 bits per heavy atom. The minimum Gasteiger partial charge on any atom is -0.101 e. The molecule has 2 heteroatoms. The molecule has 0 radical (unpaired) electrons. The number of hydrogen-bond acceptors (Lipinski definition) is 0. The molecule has 5 rings (SSSR count). The maximum atomic E-state index is 6.36. The van der Waals surface area contributed by atoms with Crippen LogP contribution in [0, 0.1) is 11.8 Å². The Bertz CT molecular complexity index is 434. The molecule has 0 N–H and O–H groups in total. The van der Waals surface area contributed by atoms with Crippen molar-refractivity contribution in [2.24, 2.45) is 11.8 Å². The minimum absolute atomic E-state index is 0.450. The van der Waals surface area contributed by atoms with Gasteiger partial charge in [0, 0.05) is 23.7 Å². The van der Waals surface area contributed by atoms with E-state index in [0.717, 1.165) is 0 Å². The lowest BCUT2D eigenvalue weighted by Crippen LogP contribution is -2.19. The van der Waals surface area contributed by atoms with Gasteiger partial charge in [-0.15, -0.1) is 23.2 Å². The summed E-state index contributed by atoms with van der Waals surface area (Å²) in [6.07, 6.45) is 4.58. The van der Waals surface area contributed by atoms with Crippen LogP contribution in [0.3, 0.4) is 0 Å². The van der Waals surface area contributed by atoms with Gasteiger partial charge in [0.1, 0.15) is 4.33 Å². The molecule has 0 nitrogen and oxygen atoms in total. The summed E-state index contributed by atoms with van der Waals surface area (Å²) in [6.45, 7) is 0. The van der Waals surface area contributed by atoms with Gasteiger partial charge in [-0.25, -0.2) is 0 Å². The molecular weight excluding hydrogens is 227 g/mol. The largest absolute Gasteiger partial charge is 0.126 e. The summed E-state index contributed by atoms with van der Waals surface area (Å²) in [5.41, 5.74) is 2.88. The number of rotatable bonds is 0. The highest BCUT2D eigenvalue weighted by Gasteiger charge is 2.71. The molecule has 2 bridgehead atoms. The molecule has 4 aliphatic carbocycles. The van der Waals surface area contributed by atoms with Crippen molar-refractivity contribution in [2.45, 2.75) is 16.2 Å². The van der Waals surface area contributed by atoms with Crippen molar-refractivity contribution >= 4 is 23.2 Å². The summed E-state index contributed by atoms with van der Waals surface area (Å²) in [4.78, 5) is 0. The van der Waals surface area contributed by atoms with Gasteiger partial charge < -0.3 is 0 Å². The quantitative estimate of drug-likeness (QED) is 0.474. The average Bonchev–Trinajstić information content (AvgIpc) is 2.86. The van der Waals surface area contributed by atoms with Crippen LogP contribution in [0.4, 0.5) is 0 Å². The second-order valence-corrected chi connectivity index (χ2v) is 6.24. The third-order valence-corrected chi connectivity index (χ3v) is 5.19. The first kappa shape index (κ1) is 8.66. The van der Waals surface area contributed by atoms with Gasteiger partial charge in [-0.3, -0.25) is 0 Å². The maximum Gasteiger partial charge on any atom is 0.126 e. The topological polar surface area (TPSA) is 0 Å². The van der Waals surface area contributed by atoms with E-state index >= 15 is 0 Å². The summed E-state index contributed by atoms with van der Waals surface area (Å²) in [5, 5.41) is 0. The van der Waals surface area contributed by atoms with Crippen molar-refractivity contribution in [3.05, 3.63) is 47.5 Å². The SMILES string of the molecule is ClC1(Cl)[C@@H]2[C@H]1[C@@H]1C=C[C@H]2c2ccccc21. The van der Waals surface area contributed by atoms with Gasteiger partial charge in [0.15, 0.2) is 0 Å². The molecule has 0 aliphatic heterocycles. The molecule has 1 saturated carbocycles. The van der Waals surface area contributed by atoms with Gasteiger partial charge in [-0.2, -0.15) is 0 Å². The number of allylic oxidation sites excluding steroid dienone is 2. The van der Waals surface area contributed by atoms with E-state index in [1.165, 1.54) is 11.1 Å². The molecule has 0 saturated heterocycles. The Morgan fingerprint density at radius 3 is 1.80 bits per heavy atom. The summed E-state index contributed by atoms with van der Waals surface area (Å²) in [7, 11) is 0. The highest BCUT2D eigenvalue weighted by Crippen LogP contribution is 2.74. The molecule has 1 fully saturated rings. The fourth-order valence-corrected chi connectivity index (χ4v) is 4.45. The van der Waals surface area contributed by atoms with Crippen LogP contribution in [-0.2, 0) is 0 Å². The number of hydrogen-bond donors (Lipinski definition) is 0. The van der Waals surface area contributed by atoms with Crippen molar-refractivity contribution in [2.75, 3.05) is 0 Å². The van der Waals surface area contributed by atoms with E-state index in [9.17, 15) is 0 Å². The van der Waals surface area contributed by atoms with Gasteiger partial charge in [0.25, 0.3) is 0 Å². The first-order valence-electron chi connectivity index (χ1n) is 5.36. The van der Waals surface area contributed by atoms with Crippen molar-refractivity contribution in [3.63, 3.8) is 0 Å². The van der Waals surface area contributed by atoms with Crippen molar-refractivity contribution in [1.29, 1.82) is 0 Å². The monoisotopic (exact) mass is 236 g/mol. The Labute approximate surface area is 98.9 Å². The standard InChI is InChI=1S/C13H10Cl2/c14-13(15)11-9-5-6-10(12(11)13)8-4-2-1-3-7(8)9/h1-6,9-12H/t9-,10+,11-,12+. The van der Waals surface area contributed by atoms with Crippen molar-refractivity contribution in [3.8, 4) is 0 Å². The van der Waals surface area contributed by atoms with Crippen LogP contribution in [0.25, 0.3) is 0 Å². The third-order valence-electron chi connectivity index (χ3n) is 4.18. The zero-order chi connectivity index (χ0) is 10.2. The average molecular weight is 237 g/mol. The molecular formula is C13H10Cl2. The highest BCUT2D eigenvalue weighted by molar-refractivity contribution is 6.51. The van der Waals surface area contributed by atoms with Gasteiger partial charge in [-0.05, 0) is 11.1 Å². The van der Waals surface area contributed by atoms with E-state index in [1.807, 2.05) is 0 Å². The Hall–Kier alpha value is -0.460. The summed E-state index contributed by atoms with van der Waals surface area (Å²) in [5.74, 6) is 1.80. The van der Waals surface area contributed by atoms with Crippen molar-refractivity contribution in [1.82, 2.24) is 0 Å². The second-order valence-electron chi connectivity index (χ2n) is 4.79. The fraction of sp³-hybridized carbons (Fsp3) is 0.385. The normalized spacial score (nSPS) is 42.3. The van der Waals surface area contributed by atoms with Crippen LogP contribution in [0.2, 0.25) is 0 Å². The number of alkyl halides is 2. The molecule has 4 aliphatic rings.